The Kier molecular flexibility index (Phi) is 5.66. The summed E-state index contributed by atoms with van der Waals surface area (Å²) in [6.07, 6.45) is 10.0. The molecule has 0 fully saturated rings. The Balaban J connectivity index is 1.42. The Morgan fingerprint density at radius 2 is 1.87 bits per heavy atom. The van der Waals surface area contributed by atoms with Crippen LogP contribution in [0.1, 0.15) is 26.5 Å². The molecule has 2 N–H and O–H groups in total. The molecule has 160 valence electrons. The first kappa shape index (κ1) is 20.5. The summed E-state index contributed by atoms with van der Waals surface area (Å²) in [5.74, 6) is -0.816. The van der Waals surface area contributed by atoms with E-state index in [1.165, 1.54) is 10.9 Å². The van der Waals surface area contributed by atoms with Crippen LogP contribution in [-0.2, 0) is 27.3 Å². The number of nitrogens with zero attached hydrogens (tertiary/aromatic N) is 8. The molecular weight excluding hydrogens is 468 g/mol. The number of aromatic nitrogens is 8. The van der Waals surface area contributed by atoms with Gasteiger partial charge in [0.2, 0.25) is 0 Å². The average molecular weight is 487 g/mol. The lowest BCUT2D eigenvalue weighted by atomic mass is 10.3. The second kappa shape index (κ2) is 8.55. The zero-order chi connectivity index (χ0) is 22.0. The van der Waals surface area contributed by atoms with Gasteiger partial charge in [-0.3, -0.25) is 23.6 Å². The summed E-state index contributed by atoms with van der Waals surface area (Å²) in [6.45, 7) is 0.660. The largest absolute Gasteiger partial charge is 0.346 e. The number of hydrogen-bond donors (Lipinski definition) is 2. The minimum Gasteiger partial charge on any atom is -0.346 e. The number of rotatable bonds is 7. The maximum Gasteiger partial charge on any atom is 0.276 e. The number of anilines is 1. The molecule has 0 unspecified atom stereocenters. The molecule has 4 rings (SSSR count). The number of hydrogen-bond acceptors (Lipinski definition) is 6. The number of amides is 2. The molecular formula is C18H19BrN10O2. The average Bonchev–Trinajstić information content (AvgIpc) is 3.51. The summed E-state index contributed by atoms with van der Waals surface area (Å²) in [4.78, 5) is 25.3. The minimum atomic E-state index is -0.449. The van der Waals surface area contributed by atoms with Crippen molar-refractivity contribution in [3.8, 4) is 0 Å². The van der Waals surface area contributed by atoms with Crippen molar-refractivity contribution in [3.63, 3.8) is 0 Å². The molecule has 0 radical (unpaired) electrons. The van der Waals surface area contributed by atoms with Crippen molar-refractivity contribution in [3.05, 3.63) is 64.7 Å². The van der Waals surface area contributed by atoms with Gasteiger partial charge < -0.3 is 10.6 Å². The highest BCUT2D eigenvalue weighted by molar-refractivity contribution is 9.10. The van der Waals surface area contributed by atoms with Crippen LogP contribution in [0.25, 0.3) is 0 Å². The van der Waals surface area contributed by atoms with Crippen molar-refractivity contribution in [2.24, 2.45) is 14.1 Å². The van der Waals surface area contributed by atoms with Crippen LogP contribution in [0.5, 0.6) is 0 Å². The molecule has 4 heterocycles. The minimum absolute atomic E-state index is 0.205. The summed E-state index contributed by atoms with van der Waals surface area (Å²) < 4.78 is 7.16. The normalized spacial score (nSPS) is 10.9. The third-order valence-corrected chi connectivity index (χ3v) is 4.79. The molecule has 0 spiro atoms. The van der Waals surface area contributed by atoms with Crippen molar-refractivity contribution < 1.29 is 9.59 Å². The van der Waals surface area contributed by atoms with Crippen molar-refractivity contribution in [2.75, 3.05) is 5.32 Å². The lowest BCUT2D eigenvalue weighted by molar-refractivity contribution is 0.0942. The fourth-order valence-corrected chi connectivity index (χ4v) is 3.27. The van der Waals surface area contributed by atoms with Gasteiger partial charge >= 0.3 is 0 Å². The first-order valence-electron chi connectivity index (χ1n) is 9.19. The smallest absolute Gasteiger partial charge is 0.276 e. The first-order valence-corrected chi connectivity index (χ1v) is 9.99. The molecule has 0 aliphatic carbocycles. The summed E-state index contributed by atoms with van der Waals surface area (Å²) in [6, 6.07) is 1.59. The van der Waals surface area contributed by atoms with Gasteiger partial charge in [-0.25, -0.2) is 4.68 Å². The standard InChI is InChI=1S/C18H19BrN10O2/c1-26-9-12(6-21-26)5-20-18(31)16-15(8-22-27(16)2)24-17(30)14-3-4-28(25-14)11-29-10-13(19)7-23-29/h3-4,6-10H,5,11H2,1-2H3,(H,20,31)(H,24,30). The van der Waals surface area contributed by atoms with E-state index in [9.17, 15) is 9.59 Å². The monoisotopic (exact) mass is 486 g/mol. The number of nitrogens with one attached hydrogen (secondary N) is 2. The SMILES string of the molecule is Cn1cc(CNC(=O)c2c(NC(=O)c3ccn(Cn4cc(Br)cn4)n3)cnn2C)cn1. The molecule has 4 aromatic rings. The van der Waals surface area contributed by atoms with E-state index in [1.54, 1.807) is 59.0 Å². The van der Waals surface area contributed by atoms with Crippen LogP contribution < -0.4 is 10.6 Å². The highest BCUT2D eigenvalue weighted by Gasteiger charge is 2.20. The number of carbonyl (C=O) groups excluding carboxylic acids is 2. The molecule has 0 saturated heterocycles. The van der Waals surface area contributed by atoms with E-state index in [2.05, 4.69) is 47.0 Å². The fraction of sp³-hybridized carbons (Fsp3) is 0.222. The van der Waals surface area contributed by atoms with Gasteiger partial charge in [-0.2, -0.15) is 20.4 Å². The molecule has 2 amide bonds. The van der Waals surface area contributed by atoms with Gasteiger partial charge in [0.05, 0.1) is 28.8 Å². The second-order valence-electron chi connectivity index (χ2n) is 6.77. The zero-order valence-electron chi connectivity index (χ0n) is 16.7. The maximum absolute atomic E-state index is 12.7. The van der Waals surface area contributed by atoms with E-state index in [0.29, 0.717) is 18.9 Å². The van der Waals surface area contributed by atoms with E-state index in [0.717, 1.165) is 10.0 Å². The zero-order valence-corrected chi connectivity index (χ0v) is 18.3. The Morgan fingerprint density at radius 1 is 1.03 bits per heavy atom. The molecule has 4 aromatic heterocycles. The van der Waals surface area contributed by atoms with Crippen molar-refractivity contribution in [2.45, 2.75) is 13.2 Å². The summed E-state index contributed by atoms with van der Waals surface area (Å²) in [5.41, 5.74) is 1.59. The molecule has 31 heavy (non-hydrogen) atoms. The van der Waals surface area contributed by atoms with Crippen LogP contribution in [0.2, 0.25) is 0 Å². The molecule has 12 nitrogen and oxygen atoms in total. The topological polar surface area (TPSA) is 129 Å². The number of halogens is 1. The highest BCUT2D eigenvalue weighted by Crippen LogP contribution is 2.15. The highest BCUT2D eigenvalue weighted by atomic mass is 79.9. The Morgan fingerprint density at radius 3 is 2.58 bits per heavy atom. The van der Waals surface area contributed by atoms with Gasteiger partial charge in [0.1, 0.15) is 12.4 Å². The third kappa shape index (κ3) is 4.71. The van der Waals surface area contributed by atoms with E-state index >= 15 is 0 Å². The molecule has 0 atom stereocenters. The molecule has 0 bridgehead atoms. The molecule has 0 aromatic carbocycles. The summed E-state index contributed by atoms with van der Waals surface area (Å²) in [7, 11) is 3.43. The predicted molar refractivity (Wildman–Crippen MR) is 113 cm³/mol. The van der Waals surface area contributed by atoms with Gasteiger partial charge in [0.25, 0.3) is 11.8 Å². The maximum atomic E-state index is 12.7. The summed E-state index contributed by atoms with van der Waals surface area (Å²) in [5, 5.41) is 22.1. The molecule has 0 saturated carbocycles. The van der Waals surface area contributed by atoms with Crippen LogP contribution in [0, 0.1) is 0 Å². The quantitative estimate of drug-likeness (QED) is 0.400. The van der Waals surface area contributed by atoms with Gasteiger partial charge in [-0.1, -0.05) is 0 Å². The lowest BCUT2D eigenvalue weighted by Gasteiger charge is -2.08. The van der Waals surface area contributed by atoms with Crippen LogP contribution in [0.15, 0.2) is 47.7 Å². The predicted octanol–water partition coefficient (Wildman–Crippen LogP) is 0.997. The van der Waals surface area contributed by atoms with Crippen molar-refractivity contribution in [1.82, 2.24) is 44.4 Å². The van der Waals surface area contributed by atoms with E-state index < -0.39 is 5.91 Å². The number of carbonyl (C=O) groups is 2. The van der Waals surface area contributed by atoms with Crippen LogP contribution in [0.4, 0.5) is 5.69 Å². The van der Waals surface area contributed by atoms with Crippen LogP contribution >= 0.6 is 15.9 Å². The van der Waals surface area contributed by atoms with E-state index in [-0.39, 0.29) is 17.3 Å². The van der Waals surface area contributed by atoms with Crippen LogP contribution in [0.3, 0.4) is 0 Å². The Hall–Kier alpha value is -3.74. The molecule has 0 aliphatic heterocycles. The Bertz CT molecular complexity index is 1230. The van der Waals surface area contributed by atoms with Crippen molar-refractivity contribution in [1.29, 1.82) is 0 Å². The van der Waals surface area contributed by atoms with Crippen molar-refractivity contribution >= 4 is 33.4 Å². The lowest BCUT2D eigenvalue weighted by Crippen LogP contribution is -2.26. The van der Waals surface area contributed by atoms with Gasteiger partial charge in [-0.15, -0.1) is 0 Å². The first-order chi connectivity index (χ1) is 14.9. The molecule has 0 aliphatic rings. The number of aryl methyl sites for hydroxylation is 2. The second-order valence-corrected chi connectivity index (χ2v) is 7.69. The van der Waals surface area contributed by atoms with E-state index in [1.807, 2.05) is 6.20 Å². The van der Waals surface area contributed by atoms with E-state index in [4.69, 9.17) is 0 Å². The van der Waals surface area contributed by atoms with Gasteiger partial charge in [0, 0.05) is 44.8 Å². The Labute approximate surface area is 185 Å². The fourth-order valence-electron chi connectivity index (χ4n) is 2.94. The third-order valence-electron chi connectivity index (χ3n) is 4.38. The molecule has 13 heteroatoms. The van der Waals surface area contributed by atoms with Crippen LogP contribution in [-0.4, -0.2) is 50.9 Å². The summed E-state index contributed by atoms with van der Waals surface area (Å²) >= 11 is 3.33. The van der Waals surface area contributed by atoms with Gasteiger partial charge in [-0.05, 0) is 22.0 Å². The van der Waals surface area contributed by atoms with Gasteiger partial charge in [0.15, 0.2) is 5.69 Å².